The standard InChI is InChI=1S/C12H12BrCl2N3O2S/c1-16-5-8-4-9(6-17-8)21(19,20)18-12-10(14)2-7(13)3-11(12)15/h2-4,6,16-18H,5H2,1H3. The Kier molecular flexibility index (Phi) is 5.21. The van der Waals surface area contributed by atoms with Gasteiger partial charge in [0.1, 0.15) is 4.90 Å². The van der Waals surface area contributed by atoms with Gasteiger partial charge in [0.05, 0.1) is 15.7 Å². The van der Waals surface area contributed by atoms with Crippen molar-refractivity contribution in [2.45, 2.75) is 11.4 Å². The van der Waals surface area contributed by atoms with Crippen molar-refractivity contribution in [3.8, 4) is 0 Å². The third-order valence-corrected chi connectivity index (χ3v) is 5.02. The van der Waals surface area contributed by atoms with Crippen molar-refractivity contribution in [2.75, 3.05) is 11.8 Å². The van der Waals surface area contributed by atoms with Gasteiger partial charge >= 0.3 is 0 Å². The third-order valence-electron chi connectivity index (χ3n) is 2.64. The fourth-order valence-electron chi connectivity index (χ4n) is 1.70. The summed E-state index contributed by atoms with van der Waals surface area (Å²) in [5, 5.41) is 3.35. The summed E-state index contributed by atoms with van der Waals surface area (Å²) >= 11 is 15.3. The molecule has 0 aliphatic rings. The number of aromatic amines is 1. The molecule has 2 aromatic rings. The van der Waals surface area contributed by atoms with E-state index in [1.54, 1.807) is 25.2 Å². The van der Waals surface area contributed by atoms with Crippen LogP contribution in [0.1, 0.15) is 5.69 Å². The van der Waals surface area contributed by atoms with Gasteiger partial charge in [-0.05, 0) is 25.2 Å². The van der Waals surface area contributed by atoms with Gasteiger partial charge < -0.3 is 10.3 Å². The maximum absolute atomic E-state index is 12.3. The molecule has 114 valence electrons. The minimum atomic E-state index is -3.76. The summed E-state index contributed by atoms with van der Waals surface area (Å²) in [6.07, 6.45) is 1.41. The second-order valence-corrected chi connectivity index (χ2v) is 7.65. The predicted octanol–water partition coefficient (Wildman–Crippen LogP) is 3.60. The van der Waals surface area contributed by atoms with Gasteiger partial charge in [-0.2, -0.15) is 0 Å². The lowest BCUT2D eigenvalue weighted by Gasteiger charge is -2.10. The molecule has 0 unspecified atom stereocenters. The minimum absolute atomic E-state index is 0.114. The van der Waals surface area contributed by atoms with Crippen LogP contribution >= 0.6 is 39.1 Å². The lowest BCUT2D eigenvalue weighted by atomic mass is 10.3. The van der Waals surface area contributed by atoms with Gasteiger partial charge in [-0.1, -0.05) is 39.1 Å². The monoisotopic (exact) mass is 411 g/mol. The molecule has 1 heterocycles. The number of rotatable bonds is 5. The average molecular weight is 413 g/mol. The molecule has 0 bridgehead atoms. The average Bonchev–Trinajstić information content (AvgIpc) is 2.84. The van der Waals surface area contributed by atoms with Gasteiger partial charge in [0, 0.05) is 22.9 Å². The van der Waals surface area contributed by atoms with Crippen molar-refractivity contribution in [3.63, 3.8) is 0 Å². The van der Waals surface area contributed by atoms with Crippen molar-refractivity contribution in [1.82, 2.24) is 10.3 Å². The summed E-state index contributed by atoms with van der Waals surface area (Å²) < 4.78 is 27.7. The third kappa shape index (κ3) is 3.92. The quantitative estimate of drug-likeness (QED) is 0.702. The molecule has 1 aromatic carbocycles. The Hall–Kier alpha value is -0.730. The van der Waals surface area contributed by atoms with E-state index in [4.69, 9.17) is 23.2 Å². The Bertz CT molecular complexity index is 739. The molecular weight excluding hydrogens is 401 g/mol. The van der Waals surface area contributed by atoms with Gasteiger partial charge in [0.15, 0.2) is 0 Å². The van der Waals surface area contributed by atoms with Crippen molar-refractivity contribution in [2.24, 2.45) is 0 Å². The van der Waals surface area contributed by atoms with Crippen molar-refractivity contribution in [1.29, 1.82) is 0 Å². The van der Waals surface area contributed by atoms with E-state index in [1.165, 1.54) is 6.20 Å². The molecule has 0 saturated heterocycles. The highest BCUT2D eigenvalue weighted by atomic mass is 79.9. The van der Waals surface area contributed by atoms with E-state index in [0.29, 0.717) is 11.0 Å². The van der Waals surface area contributed by atoms with Crippen LogP contribution in [0.15, 0.2) is 33.8 Å². The highest BCUT2D eigenvalue weighted by Gasteiger charge is 2.19. The Morgan fingerprint density at radius 1 is 1.24 bits per heavy atom. The molecule has 9 heteroatoms. The molecule has 1 aromatic heterocycles. The maximum Gasteiger partial charge on any atom is 0.263 e. The molecule has 0 saturated carbocycles. The van der Waals surface area contributed by atoms with Gasteiger partial charge in [-0.3, -0.25) is 4.72 Å². The van der Waals surface area contributed by atoms with E-state index in [1.807, 2.05) is 0 Å². The summed E-state index contributed by atoms with van der Waals surface area (Å²) in [6, 6.07) is 4.67. The molecule has 5 nitrogen and oxygen atoms in total. The van der Waals surface area contributed by atoms with Gasteiger partial charge in [0.25, 0.3) is 10.0 Å². The Morgan fingerprint density at radius 3 is 2.43 bits per heavy atom. The number of benzene rings is 1. The van der Waals surface area contributed by atoms with Crippen LogP contribution in [-0.4, -0.2) is 20.4 Å². The molecule has 0 aliphatic heterocycles. The second-order valence-electron chi connectivity index (χ2n) is 4.24. The fourth-order valence-corrected chi connectivity index (χ4v) is 4.23. The van der Waals surface area contributed by atoms with Crippen LogP contribution in [0, 0.1) is 0 Å². The van der Waals surface area contributed by atoms with Crippen LogP contribution in [-0.2, 0) is 16.6 Å². The lowest BCUT2D eigenvalue weighted by molar-refractivity contribution is 0.601. The maximum atomic E-state index is 12.3. The highest BCUT2D eigenvalue weighted by molar-refractivity contribution is 9.10. The van der Waals surface area contributed by atoms with Crippen molar-refractivity contribution in [3.05, 3.63) is 44.6 Å². The first kappa shape index (κ1) is 16.6. The zero-order valence-corrected chi connectivity index (χ0v) is 14.8. The van der Waals surface area contributed by atoms with Gasteiger partial charge in [-0.15, -0.1) is 0 Å². The van der Waals surface area contributed by atoms with Crippen LogP contribution in [0.4, 0.5) is 5.69 Å². The molecule has 0 spiro atoms. The first-order chi connectivity index (χ1) is 9.83. The highest BCUT2D eigenvalue weighted by Crippen LogP contribution is 2.35. The summed E-state index contributed by atoms with van der Waals surface area (Å²) in [5.41, 5.74) is 0.906. The number of H-pyrrole nitrogens is 1. The van der Waals surface area contributed by atoms with Gasteiger partial charge in [-0.25, -0.2) is 8.42 Å². The number of nitrogens with one attached hydrogen (secondary N) is 3. The SMILES string of the molecule is CNCc1cc(S(=O)(=O)Nc2c(Cl)cc(Br)cc2Cl)c[nH]1. The number of aromatic nitrogens is 1. The number of hydrogen-bond donors (Lipinski definition) is 3. The zero-order chi connectivity index (χ0) is 15.6. The fraction of sp³-hybridized carbons (Fsp3) is 0.167. The summed E-state index contributed by atoms with van der Waals surface area (Å²) in [7, 11) is -1.99. The Balaban J connectivity index is 2.33. The minimum Gasteiger partial charge on any atom is -0.363 e. The predicted molar refractivity (Wildman–Crippen MR) is 88.5 cm³/mol. The lowest BCUT2D eigenvalue weighted by Crippen LogP contribution is -2.13. The summed E-state index contributed by atoms with van der Waals surface area (Å²) in [5.74, 6) is 0. The Labute approximate surface area is 141 Å². The van der Waals surface area contributed by atoms with E-state index in [-0.39, 0.29) is 20.6 Å². The normalized spacial score (nSPS) is 11.6. The molecule has 3 N–H and O–H groups in total. The van der Waals surface area contributed by atoms with Crippen molar-refractivity contribution < 1.29 is 8.42 Å². The summed E-state index contributed by atoms with van der Waals surface area (Å²) in [6.45, 7) is 0.537. The summed E-state index contributed by atoms with van der Waals surface area (Å²) in [4.78, 5) is 3.00. The van der Waals surface area contributed by atoms with Gasteiger partial charge in [0.2, 0.25) is 0 Å². The largest absolute Gasteiger partial charge is 0.363 e. The van der Waals surface area contributed by atoms with E-state index in [2.05, 4.69) is 31.0 Å². The first-order valence-corrected chi connectivity index (χ1v) is 8.86. The Morgan fingerprint density at radius 2 is 1.86 bits per heavy atom. The molecule has 0 aliphatic carbocycles. The molecule has 0 fully saturated rings. The topological polar surface area (TPSA) is 74.0 Å². The van der Waals surface area contributed by atoms with Crippen LogP contribution in [0.2, 0.25) is 10.0 Å². The van der Waals surface area contributed by atoms with Crippen LogP contribution in [0.5, 0.6) is 0 Å². The number of hydrogen-bond acceptors (Lipinski definition) is 3. The van der Waals surface area contributed by atoms with E-state index in [9.17, 15) is 8.42 Å². The van der Waals surface area contributed by atoms with E-state index < -0.39 is 10.0 Å². The van der Waals surface area contributed by atoms with Crippen LogP contribution in [0.3, 0.4) is 0 Å². The first-order valence-electron chi connectivity index (χ1n) is 5.83. The molecule has 0 radical (unpaired) electrons. The molecule has 2 rings (SSSR count). The molecule has 0 atom stereocenters. The van der Waals surface area contributed by atoms with Crippen LogP contribution < -0.4 is 10.0 Å². The van der Waals surface area contributed by atoms with E-state index >= 15 is 0 Å². The van der Waals surface area contributed by atoms with Crippen molar-refractivity contribution >= 4 is 54.8 Å². The van der Waals surface area contributed by atoms with Crippen LogP contribution in [0.25, 0.3) is 0 Å². The number of sulfonamides is 1. The number of halogens is 3. The number of anilines is 1. The molecular formula is C12H12BrCl2N3O2S. The zero-order valence-electron chi connectivity index (χ0n) is 10.9. The smallest absolute Gasteiger partial charge is 0.263 e. The second kappa shape index (κ2) is 6.58. The molecule has 0 amide bonds. The van der Waals surface area contributed by atoms with E-state index in [0.717, 1.165) is 5.69 Å². The molecule has 21 heavy (non-hydrogen) atoms.